The second-order valence-electron chi connectivity index (χ2n) is 11.8. The summed E-state index contributed by atoms with van der Waals surface area (Å²) in [6.45, 7) is 13.6. The van der Waals surface area contributed by atoms with Gasteiger partial charge in [0.15, 0.2) is 0 Å². The fourth-order valence-electron chi connectivity index (χ4n) is 6.15. The minimum atomic E-state index is -0.393. The Labute approximate surface area is 199 Å². The van der Waals surface area contributed by atoms with Crippen molar-refractivity contribution in [2.75, 3.05) is 0 Å². The van der Waals surface area contributed by atoms with Gasteiger partial charge >= 0.3 is 0 Å². The number of amides is 2. The summed E-state index contributed by atoms with van der Waals surface area (Å²) in [5.41, 5.74) is 4.21. The summed E-state index contributed by atoms with van der Waals surface area (Å²) >= 11 is 0. The van der Waals surface area contributed by atoms with Crippen LogP contribution in [0.2, 0.25) is 0 Å². The van der Waals surface area contributed by atoms with Gasteiger partial charge in [-0.15, -0.1) is 0 Å². The Bertz CT molecular complexity index is 916. The molecule has 4 atom stereocenters. The summed E-state index contributed by atoms with van der Waals surface area (Å²) < 4.78 is 0. The van der Waals surface area contributed by atoms with E-state index in [1.54, 1.807) is 4.90 Å². The first-order chi connectivity index (χ1) is 15.6. The van der Waals surface area contributed by atoms with Crippen molar-refractivity contribution in [1.29, 1.82) is 0 Å². The van der Waals surface area contributed by atoms with Gasteiger partial charge in [-0.3, -0.25) is 9.59 Å². The van der Waals surface area contributed by atoms with Crippen LogP contribution < -0.4 is 10.6 Å². The second kappa shape index (κ2) is 9.61. The average Bonchev–Trinajstić information content (AvgIpc) is 3.04. The molecule has 1 aliphatic carbocycles. The lowest BCUT2D eigenvalue weighted by molar-refractivity contribution is -0.126. The van der Waals surface area contributed by atoms with Gasteiger partial charge in [-0.1, -0.05) is 52.3 Å². The number of fused-ring (bicyclic) bond motifs is 1. The molecule has 0 bridgehead atoms. The van der Waals surface area contributed by atoms with E-state index in [0.717, 1.165) is 29.7 Å². The van der Waals surface area contributed by atoms with Crippen molar-refractivity contribution in [3.63, 3.8) is 0 Å². The highest BCUT2D eigenvalue weighted by Gasteiger charge is 2.38. The first-order valence-corrected chi connectivity index (χ1v) is 12.8. The number of allylic oxidation sites excluding steroid dienone is 1. The molecule has 2 amide bonds. The molecule has 1 unspecified atom stereocenters. The summed E-state index contributed by atoms with van der Waals surface area (Å²) in [5, 5.41) is 6.77. The van der Waals surface area contributed by atoms with E-state index >= 15 is 0 Å². The number of piperidine rings is 1. The molecule has 2 heterocycles. The lowest BCUT2D eigenvalue weighted by Crippen LogP contribution is -2.49. The van der Waals surface area contributed by atoms with Crippen LogP contribution in [0.3, 0.4) is 0 Å². The predicted octanol–water partition coefficient (Wildman–Crippen LogP) is 4.95. The number of hydrogen-bond acceptors (Lipinski definition) is 3. The third-order valence-corrected chi connectivity index (χ3v) is 7.52. The smallest absolute Gasteiger partial charge is 0.255 e. The highest BCUT2D eigenvalue weighted by atomic mass is 16.2. The van der Waals surface area contributed by atoms with Crippen molar-refractivity contribution in [1.82, 2.24) is 15.5 Å². The molecule has 180 valence electrons. The number of rotatable bonds is 6. The molecule has 2 fully saturated rings. The Hall–Kier alpha value is -2.14. The Morgan fingerprint density at radius 2 is 1.94 bits per heavy atom. The highest BCUT2D eigenvalue weighted by molar-refractivity contribution is 6.01. The summed E-state index contributed by atoms with van der Waals surface area (Å²) in [6.07, 6.45) is 8.72. The van der Waals surface area contributed by atoms with E-state index < -0.39 is 6.04 Å². The Kier molecular flexibility index (Phi) is 6.99. The quantitative estimate of drug-likeness (QED) is 0.643. The van der Waals surface area contributed by atoms with Crippen LogP contribution in [0.4, 0.5) is 0 Å². The maximum absolute atomic E-state index is 13.0. The molecule has 5 heteroatoms. The fraction of sp³-hybridized carbons (Fsp3) is 0.643. The van der Waals surface area contributed by atoms with Gasteiger partial charge in [0.05, 0.1) is 0 Å². The van der Waals surface area contributed by atoms with Crippen LogP contribution in [0.5, 0.6) is 0 Å². The molecule has 0 aromatic heterocycles. The molecule has 2 N–H and O–H groups in total. The van der Waals surface area contributed by atoms with Gasteiger partial charge in [0.1, 0.15) is 6.04 Å². The van der Waals surface area contributed by atoms with E-state index in [1.165, 1.54) is 37.7 Å². The SMILES string of the molecule is C=C1CCC(N2Cc3cc(C[C@H]4CCCC[C@@H]4N[C@H](C)CC(C)(C)C)ccc3C2=O)C(=O)N1. The normalized spacial score (nSPS) is 26.8. The van der Waals surface area contributed by atoms with Crippen LogP contribution in [0.25, 0.3) is 0 Å². The van der Waals surface area contributed by atoms with Gasteiger partial charge in [-0.2, -0.15) is 0 Å². The molecular formula is C28H41N3O2. The highest BCUT2D eigenvalue weighted by Crippen LogP contribution is 2.32. The Morgan fingerprint density at radius 3 is 2.67 bits per heavy atom. The van der Waals surface area contributed by atoms with Gasteiger partial charge in [-0.25, -0.2) is 0 Å². The van der Waals surface area contributed by atoms with Gasteiger partial charge in [0.2, 0.25) is 5.91 Å². The number of carbonyl (C=O) groups excluding carboxylic acids is 2. The van der Waals surface area contributed by atoms with E-state index in [9.17, 15) is 9.59 Å². The molecule has 3 aliphatic rings. The van der Waals surface area contributed by atoms with Crippen molar-refractivity contribution >= 4 is 11.8 Å². The van der Waals surface area contributed by atoms with Gasteiger partial charge in [0.25, 0.3) is 5.91 Å². The Morgan fingerprint density at radius 1 is 1.18 bits per heavy atom. The maximum Gasteiger partial charge on any atom is 0.255 e. The van der Waals surface area contributed by atoms with Crippen molar-refractivity contribution in [3.8, 4) is 0 Å². The van der Waals surface area contributed by atoms with E-state index in [2.05, 4.69) is 57.0 Å². The molecule has 1 aromatic carbocycles. The molecule has 2 aliphatic heterocycles. The molecule has 0 radical (unpaired) electrons. The largest absolute Gasteiger partial charge is 0.329 e. The van der Waals surface area contributed by atoms with Crippen LogP contribution in [0.1, 0.15) is 94.1 Å². The summed E-state index contributed by atoms with van der Waals surface area (Å²) in [6, 6.07) is 7.01. The van der Waals surface area contributed by atoms with E-state index in [-0.39, 0.29) is 11.8 Å². The maximum atomic E-state index is 13.0. The van der Waals surface area contributed by atoms with Crippen molar-refractivity contribution < 1.29 is 9.59 Å². The van der Waals surface area contributed by atoms with Crippen molar-refractivity contribution in [2.45, 2.75) is 104 Å². The third-order valence-electron chi connectivity index (χ3n) is 7.52. The lowest BCUT2D eigenvalue weighted by atomic mass is 9.79. The lowest BCUT2D eigenvalue weighted by Gasteiger charge is -2.36. The van der Waals surface area contributed by atoms with E-state index in [0.29, 0.717) is 36.4 Å². The molecule has 4 rings (SSSR count). The molecule has 0 spiro atoms. The zero-order valence-electron chi connectivity index (χ0n) is 20.9. The van der Waals surface area contributed by atoms with Crippen LogP contribution in [-0.4, -0.2) is 34.8 Å². The topological polar surface area (TPSA) is 61.4 Å². The molecule has 1 saturated heterocycles. The van der Waals surface area contributed by atoms with Crippen molar-refractivity contribution in [2.24, 2.45) is 11.3 Å². The molecule has 1 aromatic rings. The molecule has 5 nitrogen and oxygen atoms in total. The minimum absolute atomic E-state index is 0.0163. The number of nitrogens with one attached hydrogen (secondary N) is 2. The molecule has 1 saturated carbocycles. The summed E-state index contributed by atoms with van der Waals surface area (Å²) in [7, 11) is 0. The number of hydrogen-bond donors (Lipinski definition) is 2. The summed E-state index contributed by atoms with van der Waals surface area (Å²) in [5.74, 6) is 0.508. The standard InChI is InChI=1S/C28H41N3O2/c1-18-10-13-25(26(32)30-18)31-17-22-15-20(11-12-23(22)27(31)33)14-21-8-6-7-9-24(21)29-19(2)16-28(3,4)5/h11-12,15,19,21,24-25,29H,1,6-10,13-14,16-17H2,2-5H3,(H,30,32)/t19-,21-,24+,25?/m1/s1. The second-order valence-corrected chi connectivity index (χ2v) is 11.8. The van der Waals surface area contributed by atoms with Gasteiger partial charge in [-0.05, 0) is 74.0 Å². The number of benzene rings is 1. The van der Waals surface area contributed by atoms with Crippen molar-refractivity contribution in [3.05, 3.63) is 47.2 Å². The van der Waals surface area contributed by atoms with Crippen LogP contribution in [0, 0.1) is 11.3 Å². The summed E-state index contributed by atoms with van der Waals surface area (Å²) in [4.78, 5) is 27.2. The monoisotopic (exact) mass is 451 g/mol. The average molecular weight is 452 g/mol. The third kappa shape index (κ3) is 5.68. The van der Waals surface area contributed by atoms with Gasteiger partial charge in [0, 0.05) is 29.9 Å². The zero-order chi connectivity index (χ0) is 23.8. The number of carbonyl (C=O) groups is 2. The van der Waals surface area contributed by atoms with E-state index in [4.69, 9.17) is 0 Å². The minimum Gasteiger partial charge on any atom is -0.329 e. The van der Waals surface area contributed by atoms with Crippen LogP contribution in [-0.2, 0) is 17.8 Å². The fourth-order valence-corrected chi connectivity index (χ4v) is 6.15. The predicted molar refractivity (Wildman–Crippen MR) is 133 cm³/mol. The first kappa shape index (κ1) is 24.0. The zero-order valence-corrected chi connectivity index (χ0v) is 20.9. The Balaban J connectivity index is 1.42. The number of nitrogens with zero attached hydrogens (tertiary/aromatic N) is 1. The van der Waals surface area contributed by atoms with E-state index in [1.807, 2.05) is 6.07 Å². The first-order valence-electron chi connectivity index (χ1n) is 12.8. The van der Waals surface area contributed by atoms with Crippen LogP contribution in [0.15, 0.2) is 30.5 Å². The molecular weight excluding hydrogens is 410 g/mol. The van der Waals surface area contributed by atoms with Crippen LogP contribution >= 0.6 is 0 Å². The molecule has 33 heavy (non-hydrogen) atoms. The van der Waals surface area contributed by atoms with Gasteiger partial charge < -0.3 is 15.5 Å².